The van der Waals surface area contributed by atoms with Crippen LogP contribution < -0.4 is 10.6 Å². The van der Waals surface area contributed by atoms with Crippen LogP contribution in [0.15, 0.2) is 56.4 Å². The van der Waals surface area contributed by atoms with Gasteiger partial charge in [0.05, 0.1) is 22.7 Å². The van der Waals surface area contributed by atoms with Gasteiger partial charge in [0, 0.05) is 0 Å². The van der Waals surface area contributed by atoms with Crippen LogP contribution in [-0.2, 0) is 29.8 Å². The van der Waals surface area contributed by atoms with Gasteiger partial charge < -0.3 is 10.6 Å². The zero-order valence-corrected chi connectivity index (χ0v) is 18.8. The lowest BCUT2D eigenvalue weighted by molar-refractivity contribution is -0.114. The molecule has 2 aromatic carbocycles. The van der Waals surface area contributed by atoms with E-state index in [9.17, 15) is 35.5 Å². The second-order valence-corrected chi connectivity index (χ2v) is 9.19. The number of hydrogen-bond acceptors (Lipinski definition) is 8. The maximum atomic E-state index is 11.6. The molecular weight excluding hydrogens is 511 g/mol. The molecule has 0 aromatic heterocycles. The second kappa shape index (κ2) is 10.3. The molecule has 0 atom stereocenters. The van der Waals surface area contributed by atoms with Gasteiger partial charge in [-0.2, -0.15) is 27.1 Å². The number of rotatable bonds is 8. The van der Waals surface area contributed by atoms with E-state index in [1.165, 1.54) is 12.1 Å². The summed E-state index contributed by atoms with van der Waals surface area (Å²) < 4.78 is 65.2. The molecule has 0 aliphatic rings. The number of anilines is 2. The fourth-order valence-corrected chi connectivity index (χ4v) is 3.73. The molecule has 4 N–H and O–H groups in total. The number of carbonyl (C=O) groups excluding carboxylic acids is 2. The molecule has 0 fully saturated rings. The molecule has 0 spiro atoms. The third kappa shape index (κ3) is 6.94. The normalized spacial score (nSPS) is 12.0. The molecule has 16 heteroatoms. The van der Waals surface area contributed by atoms with Crippen LogP contribution in [0.2, 0.25) is 0 Å². The lowest BCUT2D eigenvalue weighted by atomic mass is 10.2. The first-order chi connectivity index (χ1) is 14.8. The quantitative estimate of drug-likeness (QED) is 0.230. The molecule has 0 heterocycles. The van der Waals surface area contributed by atoms with Crippen molar-refractivity contribution < 1.29 is 35.5 Å². The summed E-state index contributed by atoms with van der Waals surface area (Å²) in [6.07, 6.45) is 0. The predicted octanol–water partition coefficient (Wildman–Crippen LogP) is 2.95. The highest BCUT2D eigenvalue weighted by Gasteiger charge is 2.19. The zero-order valence-electron chi connectivity index (χ0n) is 15.7. The van der Waals surface area contributed by atoms with Crippen LogP contribution in [0.25, 0.3) is 0 Å². The molecule has 0 saturated heterocycles. The Morgan fingerprint density at radius 2 is 1.09 bits per heavy atom. The minimum atomic E-state index is -4.76. The SMILES string of the molecule is O=C(CCl)Nc1ccc(N=Nc2ccc(NC(=O)CCl)c(S(=O)(=O)O)c2)cc1S(=O)(=O)O. The first-order valence-electron chi connectivity index (χ1n) is 8.21. The highest BCUT2D eigenvalue weighted by Crippen LogP contribution is 2.30. The van der Waals surface area contributed by atoms with E-state index in [0.717, 1.165) is 24.3 Å². The predicted molar refractivity (Wildman–Crippen MR) is 115 cm³/mol. The van der Waals surface area contributed by atoms with Crippen molar-refractivity contribution in [2.24, 2.45) is 10.2 Å². The smallest absolute Gasteiger partial charge is 0.296 e. The molecule has 2 rings (SSSR count). The van der Waals surface area contributed by atoms with Gasteiger partial charge in [-0.1, -0.05) is 0 Å². The average molecular weight is 525 g/mol. The van der Waals surface area contributed by atoms with E-state index < -0.39 is 53.6 Å². The van der Waals surface area contributed by atoms with Crippen LogP contribution in [0, 0.1) is 0 Å². The summed E-state index contributed by atoms with van der Waals surface area (Å²) in [5.41, 5.74) is -0.667. The van der Waals surface area contributed by atoms with Crippen LogP contribution in [0.3, 0.4) is 0 Å². The summed E-state index contributed by atoms with van der Waals surface area (Å²) in [6.45, 7) is 0. The lowest BCUT2D eigenvalue weighted by Gasteiger charge is -2.09. The molecule has 0 saturated carbocycles. The third-order valence-corrected chi connectivity index (χ3v) is 5.83. The van der Waals surface area contributed by atoms with Crippen LogP contribution in [-0.4, -0.2) is 49.5 Å². The van der Waals surface area contributed by atoms with Gasteiger partial charge in [-0.25, -0.2) is 0 Å². The number of nitrogens with zero attached hydrogens (tertiary/aromatic N) is 2. The van der Waals surface area contributed by atoms with Crippen LogP contribution in [0.1, 0.15) is 0 Å². The fourth-order valence-electron chi connectivity index (χ4n) is 2.26. The van der Waals surface area contributed by atoms with Crippen molar-refractivity contribution in [3.8, 4) is 0 Å². The number of carbonyl (C=O) groups is 2. The maximum Gasteiger partial charge on any atom is 0.296 e. The Kier molecular flexibility index (Phi) is 8.28. The summed E-state index contributed by atoms with van der Waals surface area (Å²) in [6, 6.07) is 6.58. The van der Waals surface area contributed by atoms with E-state index in [4.69, 9.17) is 23.2 Å². The van der Waals surface area contributed by atoms with Gasteiger partial charge in [0.25, 0.3) is 20.2 Å². The Morgan fingerprint density at radius 1 is 0.750 bits per heavy atom. The number of hydrogen-bond donors (Lipinski definition) is 4. The first kappa shape index (κ1) is 25.6. The molecule has 0 aliphatic carbocycles. The van der Waals surface area contributed by atoms with E-state index in [-0.39, 0.29) is 22.7 Å². The van der Waals surface area contributed by atoms with Crippen molar-refractivity contribution in [1.29, 1.82) is 0 Å². The fraction of sp³-hybridized carbons (Fsp3) is 0.125. The Hall–Kier alpha value is -2.62. The van der Waals surface area contributed by atoms with Crippen molar-refractivity contribution in [3.63, 3.8) is 0 Å². The maximum absolute atomic E-state index is 11.6. The number of benzene rings is 2. The highest BCUT2D eigenvalue weighted by atomic mass is 35.5. The minimum Gasteiger partial charge on any atom is -0.324 e. The topological polar surface area (TPSA) is 192 Å². The third-order valence-electron chi connectivity index (χ3n) is 3.56. The molecule has 2 aromatic rings. The standard InChI is InChI=1S/C16H14Cl2N4O8S2/c17-7-15(23)19-11-3-1-9(5-13(11)31(25,26)27)21-22-10-2-4-12(20-16(24)8-18)14(6-10)32(28,29)30/h1-6H,7-8H2,(H,19,23)(H,20,24)(H,25,26,27)(H,28,29,30). The zero-order chi connectivity index (χ0) is 24.1. The summed E-state index contributed by atoms with van der Waals surface area (Å²) in [5.74, 6) is -2.34. The summed E-state index contributed by atoms with van der Waals surface area (Å²) in [4.78, 5) is 21.5. The van der Waals surface area contributed by atoms with E-state index in [1.807, 2.05) is 0 Å². The van der Waals surface area contributed by atoms with E-state index in [2.05, 4.69) is 20.9 Å². The molecule has 12 nitrogen and oxygen atoms in total. The van der Waals surface area contributed by atoms with E-state index in [1.54, 1.807) is 0 Å². The Balaban J connectivity index is 2.44. The van der Waals surface area contributed by atoms with Gasteiger partial charge in [0.2, 0.25) is 11.8 Å². The van der Waals surface area contributed by atoms with Crippen molar-refractivity contribution in [2.45, 2.75) is 9.79 Å². The Labute approximate surface area is 192 Å². The second-order valence-electron chi connectivity index (χ2n) is 5.87. The molecule has 0 aliphatic heterocycles. The van der Waals surface area contributed by atoms with Crippen molar-refractivity contribution in [1.82, 2.24) is 0 Å². The monoisotopic (exact) mass is 524 g/mol. The van der Waals surface area contributed by atoms with E-state index in [0.29, 0.717) is 0 Å². The molecule has 0 radical (unpaired) electrons. The van der Waals surface area contributed by atoms with Crippen molar-refractivity contribution in [2.75, 3.05) is 22.4 Å². The number of alkyl halides is 2. The van der Waals surface area contributed by atoms with Gasteiger partial charge >= 0.3 is 0 Å². The highest BCUT2D eigenvalue weighted by molar-refractivity contribution is 7.86. The van der Waals surface area contributed by atoms with Crippen molar-refractivity contribution >= 4 is 78.0 Å². The largest absolute Gasteiger partial charge is 0.324 e. The van der Waals surface area contributed by atoms with Crippen molar-refractivity contribution in [3.05, 3.63) is 36.4 Å². The van der Waals surface area contributed by atoms with E-state index >= 15 is 0 Å². The van der Waals surface area contributed by atoms with Gasteiger partial charge in [-0.15, -0.1) is 23.2 Å². The van der Waals surface area contributed by atoms with Crippen LogP contribution in [0.4, 0.5) is 22.7 Å². The summed E-state index contributed by atoms with van der Waals surface area (Å²) in [5, 5.41) is 11.9. The molecule has 2 amide bonds. The van der Waals surface area contributed by atoms with Crippen LogP contribution >= 0.6 is 23.2 Å². The number of azo groups is 1. The summed E-state index contributed by atoms with van der Waals surface area (Å²) >= 11 is 10.7. The molecule has 172 valence electrons. The number of amides is 2. The molecule has 32 heavy (non-hydrogen) atoms. The molecule has 0 bridgehead atoms. The Morgan fingerprint density at radius 3 is 1.38 bits per heavy atom. The average Bonchev–Trinajstić information content (AvgIpc) is 2.71. The molecular formula is C16H14Cl2N4O8S2. The molecule has 0 unspecified atom stereocenters. The van der Waals surface area contributed by atoms with Gasteiger partial charge in [-0.3, -0.25) is 18.7 Å². The Bertz CT molecular complexity index is 1200. The number of nitrogens with one attached hydrogen (secondary N) is 2. The first-order valence-corrected chi connectivity index (χ1v) is 12.2. The summed E-state index contributed by atoms with van der Waals surface area (Å²) in [7, 11) is -9.52. The number of halogens is 2. The van der Waals surface area contributed by atoms with Crippen LogP contribution in [0.5, 0.6) is 0 Å². The minimum absolute atomic E-state index is 0.0885. The van der Waals surface area contributed by atoms with Gasteiger partial charge in [0.1, 0.15) is 21.6 Å². The van der Waals surface area contributed by atoms with Gasteiger partial charge in [0.15, 0.2) is 0 Å². The van der Waals surface area contributed by atoms with Gasteiger partial charge in [-0.05, 0) is 36.4 Å². The lowest BCUT2D eigenvalue weighted by Crippen LogP contribution is -2.15.